The second-order valence-electron chi connectivity index (χ2n) is 5.18. The Bertz CT molecular complexity index is 671. The van der Waals surface area contributed by atoms with Gasteiger partial charge >= 0.3 is 6.09 Å². The summed E-state index contributed by atoms with van der Waals surface area (Å²) in [6.07, 6.45) is -0.445. The van der Waals surface area contributed by atoms with E-state index in [9.17, 15) is 14.9 Å². The van der Waals surface area contributed by atoms with E-state index in [-0.39, 0.29) is 18.3 Å². The monoisotopic (exact) mass is 314 g/mol. The summed E-state index contributed by atoms with van der Waals surface area (Å²) in [5, 5.41) is 10.7. The van der Waals surface area contributed by atoms with E-state index in [2.05, 4.69) is 0 Å². The van der Waals surface area contributed by atoms with Crippen LogP contribution in [0.1, 0.15) is 24.1 Å². The minimum atomic E-state index is -0.452. The Balaban J connectivity index is 1.96. The number of carbonyl (C=O) groups excluding carboxylic acids is 1. The maximum Gasteiger partial charge on any atom is 0.410 e. The van der Waals surface area contributed by atoms with Crippen molar-refractivity contribution in [3.63, 3.8) is 0 Å². The lowest BCUT2D eigenvalue weighted by molar-refractivity contribution is -0.384. The lowest BCUT2D eigenvalue weighted by Crippen LogP contribution is -2.30. The van der Waals surface area contributed by atoms with Crippen molar-refractivity contribution in [1.82, 2.24) is 4.90 Å². The lowest BCUT2D eigenvalue weighted by atomic mass is 10.1. The van der Waals surface area contributed by atoms with Gasteiger partial charge < -0.3 is 9.64 Å². The molecule has 0 N–H and O–H groups in total. The number of nitro groups is 1. The van der Waals surface area contributed by atoms with Crippen LogP contribution in [0.3, 0.4) is 0 Å². The molecule has 120 valence electrons. The molecule has 1 atom stereocenters. The average molecular weight is 314 g/mol. The van der Waals surface area contributed by atoms with E-state index in [0.717, 1.165) is 11.1 Å². The van der Waals surface area contributed by atoms with Crippen molar-refractivity contribution in [1.29, 1.82) is 0 Å². The molecule has 1 amide bonds. The van der Waals surface area contributed by atoms with Crippen molar-refractivity contribution in [3.05, 3.63) is 75.8 Å². The molecule has 2 aromatic rings. The first-order valence-corrected chi connectivity index (χ1v) is 7.17. The fraction of sp³-hybridized carbons (Fsp3) is 0.235. The summed E-state index contributed by atoms with van der Waals surface area (Å²) < 4.78 is 5.27. The van der Waals surface area contributed by atoms with Crippen molar-refractivity contribution in [2.75, 3.05) is 7.05 Å². The molecule has 0 saturated carbocycles. The molecule has 0 spiro atoms. The predicted molar refractivity (Wildman–Crippen MR) is 85.9 cm³/mol. The van der Waals surface area contributed by atoms with Crippen molar-refractivity contribution < 1.29 is 14.5 Å². The fourth-order valence-electron chi connectivity index (χ4n) is 2.08. The topological polar surface area (TPSA) is 72.7 Å². The number of nitro benzene ring substituents is 1. The SMILES string of the molecule is C[C@@H](c1ccc([N+](=O)[O-])cc1)N(C)C(=O)OCc1ccccc1. The highest BCUT2D eigenvalue weighted by Crippen LogP contribution is 2.22. The second-order valence-corrected chi connectivity index (χ2v) is 5.18. The van der Waals surface area contributed by atoms with Gasteiger partial charge in [-0.15, -0.1) is 0 Å². The Morgan fingerprint density at radius 2 is 1.78 bits per heavy atom. The number of nitrogens with zero attached hydrogens (tertiary/aromatic N) is 2. The third kappa shape index (κ3) is 4.29. The zero-order valence-electron chi connectivity index (χ0n) is 13.0. The number of hydrogen-bond acceptors (Lipinski definition) is 4. The number of rotatable bonds is 5. The smallest absolute Gasteiger partial charge is 0.410 e. The Labute approximate surface area is 134 Å². The third-order valence-corrected chi connectivity index (χ3v) is 3.66. The summed E-state index contributed by atoms with van der Waals surface area (Å²) in [6.45, 7) is 2.04. The van der Waals surface area contributed by atoms with Crippen LogP contribution < -0.4 is 0 Å². The normalized spacial score (nSPS) is 11.6. The van der Waals surface area contributed by atoms with Crippen LogP contribution in [0.5, 0.6) is 0 Å². The van der Waals surface area contributed by atoms with Gasteiger partial charge in [-0.3, -0.25) is 10.1 Å². The number of hydrogen-bond donors (Lipinski definition) is 0. The van der Waals surface area contributed by atoms with Crippen molar-refractivity contribution in [2.24, 2.45) is 0 Å². The molecular formula is C17H18N2O4. The van der Waals surface area contributed by atoms with E-state index in [1.807, 2.05) is 37.3 Å². The van der Waals surface area contributed by atoms with E-state index in [1.54, 1.807) is 19.2 Å². The summed E-state index contributed by atoms with van der Waals surface area (Å²) in [5.74, 6) is 0. The second kappa shape index (κ2) is 7.40. The highest BCUT2D eigenvalue weighted by molar-refractivity contribution is 5.68. The fourth-order valence-corrected chi connectivity index (χ4v) is 2.08. The number of amides is 1. The van der Waals surface area contributed by atoms with Crippen molar-refractivity contribution >= 4 is 11.8 Å². The van der Waals surface area contributed by atoms with Crippen LogP contribution in [-0.2, 0) is 11.3 Å². The number of non-ortho nitro benzene ring substituents is 1. The molecule has 0 bridgehead atoms. The van der Waals surface area contributed by atoms with E-state index in [1.165, 1.54) is 17.0 Å². The minimum Gasteiger partial charge on any atom is -0.445 e. The largest absolute Gasteiger partial charge is 0.445 e. The molecule has 0 aliphatic heterocycles. The van der Waals surface area contributed by atoms with Crippen LogP contribution in [0.15, 0.2) is 54.6 Å². The van der Waals surface area contributed by atoms with Gasteiger partial charge in [0.15, 0.2) is 0 Å². The molecule has 6 heteroatoms. The van der Waals surface area contributed by atoms with E-state index in [0.29, 0.717) is 0 Å². The quantitative estimate of drug-likeness (QED) is 0.619. The van der Waals surface area contributed by atoms with Crippen LogP contribution in [0.4, 0.5) is 10.5 Å². The Hall–Kier alpha value is -2.89. The van der Waals surface area contributed by atoms with Gasteiger partial charge in [-0.05, 0) is 18.1 Å². The van der Waals surface area contributed by atoms with Crippen LogP contribution >= 0.6 is 0 Å². The van der Waals surface area contributed by atoms with Gasteiger partial charge in [0.1, 0.15) is 6.61 Å². The molecule has 0 aromatic heterocycles. The van der Waals surface area contributed by atoms with E-state index < -0.39 is 11.0 Å². The standard InChI is InChI=1S/C17H18N2O4/c1-13(15-8-10-16(11-9-15)19(21)22)18(2)17(20)23-12-14-6-4-3-5-7-14/h3-11,13H,12H2,1-2H3/t13-/m0/s1. The Morgan fingerprint density at radius 1 is 1.17 bits per heavy atom. The summed E-state index contributed by atoms with van der Waals surface area (Å²) in [6, 6.07) is 15.3. The van der Waals surface area contributed by atoms with Crippen LogP contribution in [0.2, 0.25) is 0 Å². The molecule has 0 heterocycles. The Kier molecular flexibility index (Phi) is 5.30. The highest BCUT2D eigenvalue weighted by Gasteiger charge is 2.19. The first kappa shape index (κ1) is 16.5. The molecular weight excluding hydrogens is 296 g/mol. The van der Waals surface area contributed by atoms with Crippen LogP contribution in [-0.4, -0.2) is 23.0 Å². The van der Waals surface area contributed by atoms with Crippen molar-refractivity contribution in [2.45, 2.75) is 19.6 Å². The maximum atomic E-state index is 12.1. The zero-order valence-corrected chi connectivity index (χ0v) is 13.0. The van der Waals surface area contributed by atoms with Crippen LogP contribution in [0.25, 0.3) is 0 Å². The number of carbonyl (C=O) groups is 1. The molecule has 2 rings (SSSR count). The summed E-state index contributed by atoms with van der Waals surface area (Å²) in [7, 11) is 1.64. The maximum absolute atomic E-state index is 12.1. The molecule has 0 fully saturated rings. The van der Waals surface area contributed by atoms with Gasteiger partial charge in [0, 0.05) is 19.2 Å². The van der Waals surface area contributed by atoms with Crippen LogP contribution in [0, 0.1) is 10.1 Å². The zero-order chi connectivity index (χ0) is 16.8. The number of benzene rings is 2. The predicted octanol–water partition coefficient (Wildman–Crippen LogP) is 3.92. The van der Waals surface area contributed by atoms with Crippen molar-refractivity contribution in [3.8, 4) is 0 Å². The molecule has 2 aromatic carbocycles. The van der Waals surface area contributed by atoms with Gasteiger partial charge in [-0.25, -0.2) is 4.79 Å². The molecule has 23 heavy (non-hydrogen) atoms. The van der Waals surface area contributed by atoms with Gasteiger partial charge in [0.2, 0.25) is 0 Å². The minimum absolute atomic E-state index is 0.0234. The lowest BCUT2D eigenvalue weighted by Gasteiger charge is -2.24. The van der Waals surface area contributed by atoms with E-state index in [4.69, 9.17) is 4.74 Å². The summed E-state index contributed by atoms with van der Waals surface area (Å²) >= 11 is 0. The van der Waals surface area contributed by atoms with Gasteiger partial charge in [-0.2, -0.15) is 0 Å². The Morgan fingerprint density at radius 3 is 2.35 bits per heavy atom. The molecule has 0 radical (unpaired) electrons. The molecule has 0 aliphatic rings. The molecule has 0 unspecified atom stereocenters. The third-order valence-electron chi connectivity index (χ3n) is 3.66. The highest BCUT2D eigenvalue weighted by atomic mass is 16.6. The van der Waals surface area contributed by atoms with Gasteiger partial charge in [0.05, 0.1) is 11.0 Å². The van der Waals surface area contributed by atoms with Gasteiger partial charge in [0.25, 0.3) is 5.69 Å². The van der Waals surface area contributed by atoms with Gasteiger partial charge in [-0.1, -0.05) is 42.5 Å². The summed E-state index contributed by atoms with van der Waals surface area (Å²) in [5.41, 5.74) is 1.74. The summed E-state index contributed by atoms with van der Waals surface area (Å²) in [4.78, 5) is 23.8. The number of ether oxygens (including phenoxy) is 1. The average Bonchev–Trinajstić information content (AvgIpc) is 2.59. The first-order valence-electron chi connectivity index (χ1n) is 7.17. The molecule has 0 saturated heterocycles. The first-order chi connectivity index (χ1) is 11.0. The van der Waals surface area contributed by atoms with E-state index >= 15 is 0 Å². The molecule has 6 nitrogen and oxygen atoms in total. The molecule has 0 aliphatic carbocycles.